The molecule has 4 aromatic rings. The van der Waals surface area contributed by atoms with E-state index in [-0.39, 0.29) is 11.3 Å². The lowest BCUT2D eigenvalue weighted by atomic mass is 10.1. The van der Waals surface area contributed by atoms with Gasteiger partial charge in [-0.15, -0.1) is 0 Å². The maximum absolute atomic E-state index is 14.3. The Morgan fingerprint density at radius 3 is 2.33 bits per heavy atom. The molecule has 0 saturated carbocycles. The van der Waals surface area contributed by atoms with Crippen molar-refractivity contribution in [3.05, 3.63) is 101 Å². The Labute approximate surface area is 172 Å². The highest BCUT2D eigenvalue weighted by molar-refractivity contribution is 6.04. The summed E-state index contributed by atoms with van der Waals surface area (Å²) >= 11 is 0. The van der Waals surface area contributed by atoms with E-state index in [0.717, 1.165) is 11.1 Å². The van der Waals surface area contributed by atoms with Crippen molar-refractivity contribution in [3.63, 3.8) is 0 Å². The van der Waals surface area contributed by atoms with Crippen LogP contribution in [0.3, 0.4) is 0 Å². The SMILES string of the molecule is Cc1ccc(NC(=O)c2cc(-c3ccccc3F)nn2-c2ccc(F)cc2)cc1C. The van der Waals surface area contributed by atoms with Crippen LogP contribution in [-0.4, -0.2) is 15.7 Å². The van der Waals surface area contributed by atoms with E-state index in [1.54, 1.807) is 18.2 Å². The number of nitrogens with one attached hydrogen (secondary N) is 1. The van der Waals surface area contributed by atoms with Gasteiger partial charge in [0.15, 0.2) is 0 Å². The van der Waals surface area contributed by atoms with E-state index in [1.165, 1.54) is 41.1 Å². The zero-order chi connectivity index (χ0) is 21.3. The second-order valence-corrected chi connectivity index (χ2v) is 7.04. The van der Waals surface area contributed by atoms with Crippen molar-refractivity contribution in [1.29, 1.82) is 0 Å². The average Bonchev–Trinajstić information content (AvgIpc) is 3.17. The van der Waals surface area contributed by atoms with Gasteiger partial charge < -0.3 is 5.32 Å². The normalized spacial score (nSPS) is 10.8. The topological polar surface area (TPSA) is 46.9 Å². The first-order valence-corrected chi connectivity index (χ1v) is 9.42. The van der Waals surface area contributed by atoms with E-state index < -0.39 is 17.5 Å². The Balaban J connectivity index is 1.78. The number of benzene rings is 3. The molecule has 0 aliphatic rings. The van der Waals surface area contributed by atoms with E-state index in [1.807, 2.05) is 32.0 Å². The van der Waals surface area contributed by atoms with Crippen LogP contribution in [0.25, 0.3) is 16.9 Å². The smallest absolute Gasteiger partial charge is 0.274 e. The van der Waals surface area contributed by atoms with E-state index in [0.29, 0.717) is 17.1 Å². The van der Waals surface area contributed by atoms with Crippen molar-refractivity contribution in [3.8, 4) is 16.9 Å². The molecule has 1 N–H and O–H groups in total. The lowest BCUT2D eigenvalue weighted by molar-refractivity contribution is 0.101. The van der Waals surface area contributed by atoms with E-state index in [9.17, 15) is 13.6 Å². The van der Waals surface area contributed by atoms with E-state index in [4.69, 9.17) is 0 Å². The largest absolute Gasteiger partial charge is 0.321 e. The number of amides is 1. The summed E-state index contributed by atoms with van der Waals surface area (Å²) in [5.74, 6) is -1.25. The molecule has 0 fully saturated rings. The minimum Gasteiger partial charge on any atom is -0.321 e. The third kappa shape index (κ3) is 3.85. The maximum atomic E-state index is 14.3. The molecule has 0 aliphatic heterocycles. The van der Waals surface area contributed by atoms with Crippen molar-refractivity contribution < 1.29 is 13.6 Å². The quantitative estimate of drug-likeness (QED) is 0.476. The van der Waals surface area contributed by atoms with Crippen molar-refractivity contribution in [1.82, 2.24) is 9.78 Å². The van der Waals surface area contributed by atoms with Crippen LogP contribution in [0.5, 0.6) is 0 Å². The van der Waals surface area contributed by atoms with Crippen LogP contribution < -0.4 is 5.32 Å². The van der Waals surface area contributed by atoms with Crippen LogP contribution in [0.4, 0.5) is 14.5 Å². The minimum atomic E-state index is -0.442. The molecule has 3 aromatic carbocycles. The summed E-state index contributed by atoms with van der Waals surface area (Å²) in [6.07, 6.45) is 0. The summed E-state index contributed by atoms with van der Waals surface area (Å²) in [6.45, 7) is 3.95. The predicted octanol–water partition coefficient (Wildman–Crippen LogP) is 5.69. The number of halogens is 2. The number of hydrogen-bond donors (Lipinski definition) is 1. The summed E-state index contributed by atoms with van der Waals surface area (Å²) < 4.78 is 29.1. The summed E-state index contributed by atoms with van der Waals surface area (Å²) in [4.78, 5) is 13.1. The molecule has 0 spiro atoms. The Morgan fingerprint density at radius 2 is 1.63 bits per heavy atom. The fourth-order valence-electron chi connectivity index (χ4n) is 3.14. The van der Waals surface area contributed by atoms with Gasteiger partial charge in [0.1, 0.15) is 17.3 Å². The summed E-state index contributed by atoms with van der Waals surface area (Å²) in [6, 6.07) is 19.0. The van der Waals surface area contributed by atoms with Gasteiger partial charge in [-0.25, -0.2) is 13.5 Å². The lowest BCUT2D eigenvalue weighted by Gasteiger charge is -2.10. The fourth-order valence-corrected chi connectivity index (χ4v) is 3.14. The first-order chi connectivity index (χ1) is 14.4. The molecular weight excluding hydrogens is 384 g/mol. The molecule has 0 saturated heterocycles. The van der Waals surface area contributed by atoms with Crippen LogP contribution in [0.15, 0.2) is 72.8 Å². The molecule has 4 rings (SSSR count). The van der Waals surface area contributed by atoms with Crippen LogP contribution in [-0.2, 0) is 0 Å². The second kappa shape index (κ2) is 7.91. The van der Waals surface area contributed by atoms with Gasteiger partial charge in [-0.2, -0.15) is 5.10 Å². The number of hydrogen-bond acceptors (Lipinski definition) is 2. The third-order valence-electron chi connectivity index (χ3n) is 4.93. The van der Waals surface area contributed by atoms with Gasteiger partial charge in [0, 0.05) is 11.3 Å². The molecule has 1 aromatic heterocycles. The molecule has 0 bridgehead atoms. The number of nitrogens with zero attached hydrogens (tertiary/aromatic N) is 2. The highest BCUT2D eigenvalue weighted by atomic mass is 19.1. The van der Waals surface area contributed by atoms with Gasteiger partial charge >= 0.3 is 0 Å². The number of anilines is 1. The van der Waals surface area contributed by atoms with Crippen LogP contribution >= 0.6 is 0 Å². The zero-order valence-corrected chi connectivity index (χ0v) is 16.5. The van der Waals surface area contributed by atoms with Crippen LogP contribution in [0.2, 0.25) is 0 Å². The molecule has 0 radical (unpaired) electrons. The van der Waals surface area contributed by atoms with Gasteiger partial charge in [0.05, 0.1) is 11.4 Å². The Bertz CT molecular complexity index is 1230. The molecule has 1 amide bonds. The standard InChI is InChI=1S/C24H19F2N3O/c1-15-7-10-18(13-16(15)2)27-24(30)23-14-22(20-5-3-4-6-21(20)26)28-29(23)19-11-8-17(25)9-12-19/h3-14H,1-2H3,(H,27,30). The summed E-state index contributed by atoms with van der Waals surface area (Å²) in [5.41, 5.74) is 4.09. The highest BCUT2D eigenvalue weighted by Crippen LogP contribution is 2.25. The summed E-state index contributed by atoms with van der Waals surface area (Å²) in [7, 11) is 0. The molecule has 6 heteroatoms. The van der Waals surface area contributed by atoms with Gasteiger partial charge in [0.25, 0.3) is 5.91 Å². The van der Waals surface area contributed by atoms with Gasteiger partial charge in [-0.1, -0.05) is 18.2 Å². The molecule has 0 atom stereocenters. The molecule has 4 nitrogen and oxygen atoms in total. The first-order valence-electron chi connectivity index (χ1n) is 9.42. The predicted molar refractivity (Wildman–Crippen MR) is 113 cm³/mol. The molecule has 1 heterocycles. The Kier molecular flexibility index (Phi) is 5.14. The van der Waals surface area contributed by atoms with E-state index in [2.05, 4.69) is 10.4 Å². The molecule has 30 heavy (non-hydrogen) atoms. The number of carbonyl (C=O) groups is 1. The highest BCUT2D eigenvalue weighted by Gasteiger charge is 2.19. The Morgan fingerprint density at radius 1 is 0.900 bits per heavy atom. The van der Waals surface area contributed by atoms with E-state index >= 15 is 0 Å². The Hall–Kier alpha value is -3.80. The monoisotopic (exact) mass is 403 g/mol. The average molecular weight is 403 g/mol. The number of carbonyl (C=O) groups excluding carboxylic acids is 1. The molecular formula is C24H19F2N3O. The minimum absolute atomic E-state index is 0.207. The molecule has 0 unspecified atom stereocenters. The maximum Gasteiger partial charge on any atom is 0.274 e. The second-order valence-electron chi connectivity index (χ2n) is 7.04. The molecule has 150 valence electrons. The van der Waals surface area contributed by atoms with Gasteiger partial charge in [0.2, 0.25) is 0 Å². The number of aromatic nitrogens is 2. The van der Waals surface area contributed by atoms with Crippen LogP contribution in [0, 0.1) is 25.5 Å². The van der Waals surface area contributed by atoms with Crippen molar-refractivity contribution >= 4 is 11.6 Å². The van der Waals surface area contributed by atoms with Gasteiger partial charge in [-0.3, -0.25) is 4.79 Å². The van der Waals surface area contributed by atoms with Crippen molar-refractivity contribution in [2.75, 3.05) is 5.32 Å². The molecule has 0 aliphatic carbocycles. The number of aryl methyl sites for hydroxylation is 2. The van der Waals surface area contributed by atoms with Crippen molar-refractivity contribution in [2.24, 2.45) is 0 Å². The van der Waals surface area contributed by atoms with Crippen LogP contribution in [0.1, 0.15) is 21.6 Å². The number of rotatable bonds is 4. The van der Waals surface area contributed by atoms with Gasteiger partial charge in [-0.05, 0) is 79.6 Å². The third-order valence-corrected chi connectivity index (χ3v) is 4.93. The zero-order valence-electron chi connectivity index (χ0n) is 16.5. The first kappa shape index (κ1) is 19.5. The fraction of sp³-hybridized carbons (Fsp3) is 0.0833. The lowest BCUT2D eigenvalue weighted by Crippen LogP contribution is -2.17. The van der Waals surface area contributed by atoms with Crippen molar-refractivity contribution in [2.45, 2.75) is 13.8 Å². The summed E-state index contributed by atoms with van der Waals surface area (Å²) in [5, 5.41) is 7.29.